The molecule has 0 aliphatic heterocycles. The lowest BCUT2D eigenvalue weighted by Gasteiger charge is -2.09. The number of nitrogens with zero attached hydrogens (tertiary/aromatic N) is 1. The largest absolute Gasteiger partial charge is 0.493 e. The van der Waals surface area contributed by atoms with Crippen LogP contribution in [0.2, 0.25) is 0 Å². The van der Waals surface area contributed by atoms with Crippen molar-refractivity contribution in [3.63, 3.8) is 0 Å². The molecule has 0 unspecified atom stereocenters. The normalized spacial score (nSPS) is 10.4. The summed E-state index contributed by atoms with van der Waals surface area (Å²) >= 11 is 0. The van der Waals surface area contributed by atoms with E-state index in [9.17, 15) is 4.79 Å². The van der Waals surface area contributed by atoms with Crippen molar-refractivity contribution in [1.82, 2.24) is 10.6 Å². The lowest BCUT2D eigenvalue weighted by molar-refractivity contribution is -0.119. The molecule has 0 spiro atoms. The Balaban J connectivity index is 0.00000441. The molecule has 4 N–H and O–H groups in total. The maximum absolute atomic E-state index is 11.3. The summed E-state index contributed by atoms with van der Waals surface area (Å²) in [5.41, 5.74) is 6.62. The second-order valence-electron chi connectivity index (χ2n) is 4.20. The van der Waals surface area contributed by atoms with Gasteiger partial charge in [0, 0.05) is 6.54 Å². The van der Waals surface area contributed by atoms with Crippen molar-refractivity contribution >= 4 is 35.8 Å². The number of guanidine groups is 1. The summed E-state index contributed by atoms with van der Waals surface area (Å²) in [6, 6.07) is 5.52. The van der Waals surface area contributed by atoms with Gasteiger partial charge in [0.25, 0.3) is 0 Å². The van der Waals surface area contributed by atoms with Gasteiger partial charge in [-0.15, -0.1) is 24.0 Å². The highest BCUT2D eigenvalue weighted by molar-refractivity contribution is 14.0. The molecule has 0 radical (unpaired) electrons. The Kier molecular flexibility index (Phi) is 10.1. The molecule has 0 aliphatic rings. The average Bonchev–Trinajstić information content (AvgIpc) is 2.50. The molecule has 1 amide bonds. The molecule has 0 bridgehead atoms. The number of hydrogen-bond acceptors (Lipinski definition) is 4. The maximum Gasteiger partial charge on any atom is 0.239 e. The first-order chi connectivity index (χ1) is 10.1. The number of ether oxygens (including phenoxy) is 2. The number of amides is 1. The fourth-order valence-electron chi connectivity index (χ4n) is 1.64. The average molecular weight is 422 g/mol. The first kappa shape index (κ1) is 20.3. The molecule has 0 aliphatic carbocycles. The van der Waals surface area contributed by atoms with E-state index in [2.05, 4.69) is 15.6 Å². The Bertz CT molecular complexity index is 509. The third-order valence-electron chi connectivity index (χ3n) is 2.68. The maximum atomic E-state index is 11.3. The van der Waals surface area contributed by atoms with Crippen LogP contribution in [-0.2, 0) is 11.3 Å². The van der Waals surface area contributed by atoms with Gasteiger partial charge in [0.15, 0.2) is 17.5 Å². The second kappa shape index (κ2) is 10.9. The predicted octanol–water partition coefficient (Wildman–Crippen LogP) is 0.862. The van der Waals surface area contributed by atoms with Crippen LogP contribution in [0.25, 0.3) is 0 Å². The minimum Gasteiger partial charge on any atom is -0.493 e. The molecule has 8 heteroatoms. The molecule has 0 saturated heterocycles. The van der Waals surface area contributed by atoms with Gasteiger partial charge >= 0.3 is 0 Å². The summed E-state index contributed by atoms with van der Waals surface area (Å²) in [4.78, 5) is 15.4. The van der Waals surface area contributed by atoms with E-state index in [1.165, 1.54) is 0 Å². The number of likely N-dealkylation sites (N-methyl/N-ethyl adjacent to an activating group) is 1. The molecule has 0 saturated carbocycles. The summed E-state index contributed by atoms with van der Waals surface area (Å²) in [5, 5.41) is 5.41. The quantitative estimate of drug-likeness (QED) is 0.344. The highest BCUT2D eigenvalue weighted by Crippen LogP contribution is 2.27. The van der Waals surface area contributed by atoms with Crippen LogP contribution in [0.1, 0.15) is 12.5 Å². The molecule has 0 heterocycles. The molecule has 0 aromatic heterocycles. The zero-order chi connectivity index (χ0) is 15.7. The van der Waals surface area contributed by atoms with Crippen molar-refractivity contribution in [2.75, 3.05) is 27.3 Å². The van der Waals surface area contributed by atoms with Crippen LogP contribution in [-0.4, -0.2) is 39.2 Å². The first-order valence-corrected chi connectivity index (χ1v) is 6.62. The number of methoxy groups -OCH3 is 2. The number of carbonyl (C=O) groups is 1. The standard InChI is InChI=1S/C14H22N4O3.HI/c1-4-16-13(19)9-18-14(15)17-8-10-5-6-11(20-2)12(7-10)21-3;/h5-7H,4,8-9H2,1-3H3,(H,16,19)(H3,15,17,18);1H. The second-order valence-corrected chi connectivity index (χ2v) is 4.20. The highest BCUT2D eigenvalue weighted by Gasteiger charge is 2.04. The number of benzene rings is 1. The van der Waals surface area contributed by atoms with Crippen LogP contribution in [0.15, 0.2) is 23.2 Å². The summed E-state index contributed by atoms with van der Waals surface area (Å²) in [6.07, 6.45) is 0. The van der Waals surface area contributed by atoms with Gasteiger partial charge in [-0.25, -0.2) is 4.99 Å². The van der Waals surface area contributed by atoms with Gasteiger partial charge in [0.1, 0.15) is 0 Å². The number of nitrogens with two attached hydrogens (primary N) is 1. The van der Waals surface area contributed by atoms with E-state index in [1.54, 1.807) is 14.2 Å². The van der Waals surface area contributed by atoms with Crippen molar-refractivity contribution in [3.05, 3.63) is 23.8 Å². The smallest absolute Gasteiger partial charge is 0.239 e. The van der Waals surface area contributed by atoms with Crippen molar-refractivity contribution < 1.29 is 14.3 Å². The Morgan fingerprint density at radius 1 is 1.23 bits per heavy atom. The summed E-state index contributed by atoms with van der Waals surface area (Å²) in [7, 11) is 3.16. The van der Waals surface area contributed by atoms with Crippen molar-refractivity contribution in [2.45, 2.75) is 13.5 Å². The van der Waals surface area contributed by atoms with Gasteiger partial charge in [0.05, 0.1) is 27.3 Å². The molecule has 22 heavy (non-hydrogen) atoms. The number of aliphatic imine (C=N–C) groups is 1. The van der Waals surface area contributed by atoms with Crippen LogP contribution >= 0.6 is 24.0 Å². The number of halogens is 1. The van der Waals surface area contributed by atoms with Gasteiger partial charge in [-0.05, 0) is 24.6 Å². The minimum absolute atomic E-state index is 0. The Morgan fingerprint density at radius 2 is 1.91 bits per heavy atom. The third-order valence-corrected chi connectivity index (χ3v) is 2.68. The fraction of sp³-hybridized carbons (Fsp3) is 0.429. The lowest BCUT2D eigenvalue weighted by atomic mass is 10.2. The molecule has 1 rings (SSSR count). The zero-order valence-electron chi connectivity index (χ0n) is 13.0. The third kappa shape index (κ3) is 6.83. The van der Waals surface area contributed by atoms with Crippen LogP contribution < -0.4 is 25.8 Å². The SMILES string of the molecule is CCNC(=O)CNC(N)=NCc1ccc(OC)c(OC)c1.I. The molecule has 7 nitrogen and oxygen atoms in total. The van der Waals surface area contributed by atoms with Crippen LogP contribution in [0.3, 0.4) is 0 Å². The van der Waals surface area contributed by atoms with Gasteiger partial charge in [-0.3, -0.25) is 4.79 Å². The van der Waals surface area contributed by atoms with Gasteiger partial charge in [-0.2, -0.15) is 0 Å². The van der Waals surface area contributed by atoms with Gasteiger partial charge in [-0.1, -0.05) is 6.07 Å². The molecular formula is C14H23IN4O3. The summed E-state index contributed by atoms with van der Waals surface area (Å²) in [5.74, 6) is 1.39. The molecule has 0 fully saturated rings. The summed E-state index contributed by atoms with van der Waals surface area (Å²) < 4.78 is 10.4. The Labute approximate surface area is 147 Å². The lowest BCUT2D eigenvalue weighted by Crippen LogP contribution is -2.40. The first-order valence-electron chi connectivity index (χ1n) is 6.62. The number of nitrogens with one attached hydrogen (secondary N) is 2. The van der Waals surface area contributed by atoms with Gasteiger partial charge in [0.2, 0.25) is 5.91 Å². The van der Waals surface area contributed by atoms with Crippen LogP contribution in [0.4, 0.5) is 0 Å². The van der Waals surface area contributed by atoms with E-state index in [1.807, 2.05) is 25.1 Å². The van der Waals surface area contributed by atoms with Gasteiger partial charge < -0.3 is 25.8 Å². The monoisotopic (exact) mass is 422 g/mol. The molecule has 1 aromatic rings. The Hall–Kier alpha value is -1.71. The van der Waals surface area contributed by atoms with Crippen molar-refractivity contribution in [3.8, 4) is 11.5 Å². The molecule has 1 aromatic carbocycles. The minimum atomic E-state index is -0.123. The fourth-order valence-corrected chi connectivity index (χ4v) is 1.64. The van der Waals surface area contributed by atoms with Crippen molar-refractivity contribution in [1.29, 1.82) is 0 Å². The van der Waals surface area contributed by atoms with Crippen LogP contribution in [0, 0.1) is 0 Å². The van der Waals surface area contributed by atoms with E-state index < -0.39 is 0 Å². The zero-order valence-corrected chi connectivity index (χ0v) is 15.3. The molecule has 124 valence electrons. The Morgan fingerprint density at radius 3 is 2.50 bits per heavy atom. The molecular weight excluding hydrogens is 399 g/mol. The highest BCUT2D eigenvalue weighted by atomic mass is 127. The van der Waals surface area contributed by atoms with E-state index in [0.717, 1.165) is 5.56 Å². The van der Waals surface area contributed by atoms with E-state index in [-0.39, 0.29) is 42.4 Å². The molecule has 0 atom stereocenters. The number of hydrogen-bond donors (Lipinski definition) is 3. The number of carbonyl (C=O) groups excluding carboxylic acids is 1. The van der Waals surface area contributed by atoms with E-state index >= 15 is 0 Å². The topological polar surface area (TPSA) is 98.0 Å². The van der Waals surface area contributed by atoms with Crippen LogP contribution in [0.5, 0.6) is 11.5 Å². The van der Waals surface area contributed by atoms with Crippen molar-refractivity contribution in [2.24, 2.45) is 10.7 Å². The summed E-state index contributed by atoms with van der Waals surface area (Å²) in [6.45, 7) is 2.93. The number of rotatable bonds is 7. The van der Waals surface area contributed by atoms with E-state index in [4.69, 9.17) is 15.2 Å². The van der Waals surface area contributed by atoms with E-state index in [0.29, 0.717) is 24.6 Å². The predicted molar refractivity (Wildman–Crippen MR) is 97.0 cm³/mol.